The number of aliphatic hydroxyl groups is 1. The van der Waals surface area contributed by atoms with Crippen LogP contribution in [-0.4, -0.2) is 37.5 Å². The number of benzene rings is 1. The van der Waals surface area contributed by atoms with Gasteiger partial charge in [0, 0.05) is 18.1 Å². The van der Waals surface area contributed by atoms with E-state index in [1.165, 1.54) is 25.2 Å². The zero-order chi connectivity index (χ0) is 24.4. The number of hydrogen-bond acceptors (Lipinski definition) is 6. The summed E-state index contributed by atoms with van der Waals surface area (Å²) in [5.41, 5.74) is 13.0. The Labute approximate surface area is 205 Å². The number of nitrogens with two attached hydrogens (primary N) is 1. The largest absolute Gasteiger partial charge is 0.392 e. The Hall–Kier alpha value is -4.04. The highest BCUT2D eigenvalue weighted by Crippen LogP contribution is 2.40. The molecule has 2 radical (unpaired) electrons. The Kier molecular flexibility index (Phi) is 6.29. The van der Waals surface area contributed by atoms with Crippen LogP contribution in [0.15, 0.2) is 73.1 Å². The van der Waals surface area contributed by atoms with Gasteiger partial charge in [0.05, 0.1) is 31.4 Å². The molecule has 0 unspecified atom stereocenters. The van der Waals surface area contributed by atoms with Gasteiger partial charge in [-0.05, 0) is 72.4 Å². The zero-order valence-electron chi connectivity index (χ0n) is 19.5. The molecule has 1 aliphatic carbocycles. The minimum absolute atomic E-state index is 0.0156. The molecule has 0 spiro atoms. The minimum atomic E-state index is -0.0156. The highest BCUT2D eigenvalue weighted by molar-refractivity contribution is 6.05. The Morgan fingerprint density at radius 2 is 1.71 bits per heavy atom. The lowest BCUT2D eigenvalue weighted by atomic mass is 10.1. The van der Waals surface area contributed by atoms with Crippen molar-refractivity contribution in [3.63, 3.8) is 0 Å². The summed E-state index contributed by atoms with van der Waals surface area (Å²) in [7, 11) is 4.50. The molecule has 7 nitrogen and oxygen atoms in total. The van der Waals surface area contributed by atoms with E-state index < -0.39 is 0 Å². The average molecular weight is 460 g/mol. The Bertz CT molecular complexity index is 1460. The molecule has 1 saturated carbocycles. The van der Waals surface area contributed by atoms with Gasteiger partial charge in [0.1, 0.15) is 11.3 Å². The molecule has 6 rings (SSSR count). The molecule has 1 fully saturated rings. The summed E-state index contributed by atoms with van der Waals surface area (Å²) in [6, 6.07) is 19.5. The van der Waals surface area contributed by atoms with Gasteiger partial charge in [0.25, 0.3) is 0 Å². The van der Waals surface area contributed by atoms with Crippen LogP contribution in [0.2, 0.25) is 6.82 Å². The second kappa shape index (κ2) is 9.68. The van der Waals surface area contributed by atoms with E-state index in [1.807, 2.05) is 65.4 Å². The molecule has 172 valence electrons. The topological polar surface area (TPSA) is 103 Å². The van der Waals surface area contributed by atoms with Gasteiger partial charge in [-0.2, -0.15) is 0 Å². The maximum atomic E-state index is 9.46. The van der Waals surface area contributed by atoms with Gasteiger partial charge in [0.15, 0.2) is 11.5 Å². The van der Waals surface area contributed by atoms with E-state index in [9.17, 15) is 5.11 Å². The Morgan fingerprint density at radius 1 is 0.943 bits per heavy atom. The summed E-state index contributed by atoms with van der Waals surface area (Å²) < 4.78 is 1.98. The fourth-order valence-electron chi connectivity index (χ4n) is 4.10. The third-order valence-corrected chi connectivity index (χ3v) is 6.06. The molecule has 8 heteroatoms. The SMILES string of the molecule is Nc1ncccc1-c1nc2ccc(-c3ccc(C4CC4)cn3)nc2n1-c1ccc(CO)cc1.[B]C. The van der Waals surface area contributed by atoms with Crippen LogP contribution < -0.4 is 5.73 Å². The molecular formula is C27H25BN6O. The molecule has 1 aliphatic rings. The first-order valence-corrected chi connectivity index (χ1v) is 11.6. The predicted octanol–water partition coefficient (Wildman–Crippen LogP) is 4.70. The van der Waals surface area contributed by atoms with Gasteiger partial charge >= 0.3 is 0 Å². The standard InChI is InChI=1S/C26H22N6O.CH3B/c27-24-20(2-1-13-28-24)25-31-23-12-11-22(21-10-7-18(14-29-21)17-5-6-17)30-26(23)32(25)19-8-3-16(15-33)4-9-19;1-2/h1-4,7-14,17,33H,5-6,15H2,(H2,27,28);1H3. The molecule has 5 aromatic rings. The van der Waals surface area contributed by atoms with E-state index in [-0.39, 0.29) is 6.61 Å². The summed E-state index contributed by atoms with van der Waals surface area (Å²) in [6.45, 7) is 1.48. The highest BCUT2D eigenvalue weighted by atomic mass is 16.3. The molecule has 0 aliphatic heterocycles. The summed E-state index contributed by atoms with van der Waals surface area (Å²) in [5, 5.41) is 9.46. The van der Waals surface area contributed by atoms with Gasteiger partial charge < -0.3 is 10.8 Å². The number of aromatic nitrogens is 5. The maximum absolute atomic E-state index is 9.46. The number of fused-ring (bicyclic) bond motifs is 1. The van der Waals surface area contributed by atoms with Crippen molar-refractivity contribution in [1.82, 2.24) is 24.5 Å². The number of pyridine rings is 3. The number of nitrogen functional groups attached to an aromatic ring is 1. The molecular weight excluding hydrogens is 435 g/mol. The Morgan fingerprint density at radius 3 is 2.37 bits per heavy atom. The van der Waals surface area contributed by atoms with E-state index in [0.29, 0.717) is 23.2 Å². The van der Waals surface area contributed by atoms with Crippen LogP contribution in [0.4, 0.5) is 5.82 Å². The highest BCUT2D eigenvalue weighted by Gasteiger charge is 2.24. The lowest BCUT2D eigenvalue weighted by Crippen LogP contribution is -2.02. The van der Waals surface area contributed by atoms with Gasteiger partial charge in [0.2, 0.25) is 0 Å². The van der Waals surface area contributed by atoms with Crippen molar-refractivity contribution in [2.24, 2.45) is 0 Å². The number of anilines is 1. The summed E-state index contributed by atoms with van der Waals surface area (Å²) in [5.74, 6) is 1.73. The van der Waals surface area contributed by atoms with Gasteiger partial charge in [-0.15, -0.1) is 0 Å². The number of aliphatic hydroxyl groups excluding tert-OH is 1. The van der Waals surface area contributed by atoms with Crippen molar-refractivity contribution in [3.05, 3.63) is 84.2 Å². The third kappa shape index (κ3) is 4.40. The summed E-state index contributed by atoms with van der Waals surface area (Å²) >= 11 is 0. The van der Waals surface area contributed by atoms with Crippen LogP contribution in [-0.2, 0) is 6.61 Å². The van der Waals surface area contributed by atoms with Crippen LogP contribution in [0, 0.1) is 0 Å². The van der Waals surface area contributed by atoms with Crippen LogP contribution >= 0.6 is 0 Å². The maximum Gasteiger partial charge on any atom is 0.165 e. The van der Waals surface area contributed by atoms with E-state index in [0.717, 1.165) is 33.7 Å². The normalized spacial score (nSPS) is 12.9. The average Bonchev–Trinajstić information content (AvgIpc) is 3.70. The smallest absolute Gasteiger partial charge is 0.165 e. The molecule has 4 aromatic heterocycles. The number of imidazole rings is 1. The van der Waals surface area contributed by atoms with Crippen molar-refractivity contribution in [1.29, 1.82) is 0 Å². The van der Waals surface area contributed by atoms with Gasteiger partial charge in [-0.25, -0.2) is 15.0 Å². The van der Waals surface area contributed by atoms with E-state index in [1.54, 1.807) is 6.20 Å². The fourth-order valence-corrected chi connectivity index (χ4v) is 4.10. The van der Waals surface area contributed by atoms with E-state index >= 15 is 0 Å². The molecule has 0 amide bonds. The molecule has 3 N–H and O–H groups in total. The van der Waals surface area contributed by atoms with Crippen molar-refractivity contribution in [2.45, 2.75) is 32.2 Å². The molecule has 35 heavy (non-hydrogen) atoms. The van der Waals surface area contributed by atoms with Crippen molar-refractivity contribution in [3.8, 4) is 28.5 Å². The summed E-state index contributed by atoms with van der Waals surface area (Å²) in [4.78, 5) is 18.7. The molecule has 0 bridgehead atoms. The molecule has 0 atom stereocenters. The molecule has 1 aromatic carbocycles. The van der Waals surface area contributed by atoms with Gasteiger partial charge in [-0.3, -0.25) is 9.55 Å². The second-order valence-electron chi connectivity index (χ2n) is 8.32. The second-order valence-corrected chi connectivity index (χ2v) is 8.32. The van der Waals surface area contributed by atoms with Crippen molar-refractivity contribution in [2.75, 3.05) is 5.73 Å². The van der Waals surface area contributed by atoms with Crippen LogP contribution in [0.3, 0.4) is 0 Å². The number of nitrogens with zero attached hydrogens (tertiary/aromatic N) is 5. The third-order valence-electron chi connectivity index (χ3n) is 6.06. The van der Waals surface area contributed by atoms with E-state index in [2.05, 4.69) is 23.9 Å². The van der Waals surface area contributed by atoms with Crippen LogP contribution in [0.25, 0.3) is 39.6 Å². The van der Waals surface area contributed by atoms with Crippen LogP contribution in [0.1, 0.15) is 29.9 Å². The summed E-state index contributed by atoms with van der Waals surface area (Å²) in [6.07, 6.45) is 6.13. The predicted molar refractivity (Wildman–Crippen MR) is 139 cm³/mol. The zero-order valence-corrected chi connectivity index (χ0v) is 19.5. The molecule has 4 heterocycles. The van der Waals surface area contributed by atoms with E-state index in [4.69, 9.17) is 15.7 Å². The van der Waals surface area contributed by atoms with Crippen LogP contribution in [0.5, 0.6) is 0 Å². The lowest BCUT2D eigenvalue weighted by Gasteiger charge is -2.11. The Balaban J connectivity index is 0.00000124. The molecule has 0 saturated heterocycles. The quantitative estimate of drug-likeness (QED) is 0.369. The van der Waals surface area contributed by atoms with Gasteiger partial charge in [-0.1, -0.05) is 25.0 Å². The number of hydrogen-bond donors (Lipinski definition) is 2. The monoisotopic (exact) mass is 460 g/mol. The lowest BCUT2D eigenvalue weighted by molar-refractivity contribution is 0.282. The minimum Gasteiger partial charge on any atom is -0.392 e. The first-order valence-electron chi connectivity index (χ1n) is 11.6. The van der Waals surface area contributed by atoms with Crippen molar-refractivity contribution >= 4 is 24.8 Å². The van der Waals surface area contributed by atoms with Crippen molar-refractivity contribution < 1.29 is 5.11 Å². The first-order chi connectivity index (χ1) is 17.2. The fraction of sp³-hybridized carbons (Fsp3) is 0.185. The number of rotatable bonds is 5. The first kappa shape index (κ1) is 22.7.